The van der Waals surface area contributed by atoms with Crippen LogP contribution < -0.4 is 5.32 Å². The molecule has 0 saturated carbocycles. The van der Waals surface area contributed by atoms with Gasteiger partial charge in [-0.2, -0.15) is 13.2 Å². The Balaban J connectivity index is 0.000000383. The molecule has 168 valence electrons. The van der Waals surface area contributed by atoms with Crippen molar-refractivity contribution in [1.82, 2.24) is 9.97 Å². The van der Waals surface area contributed by atoms with Gasteiger partial charge in [-0.1, -0.05) is 24.3 Å². The number of amides is 1. The Morgan fingerprint density at radius 3 is 2.12 bits per heavy atom. The standard InChI is InChI=1S/C22H17N3O.C2HF3O2/c1-15(26)25-19-7-5-16(6-8-19)18-13-21-20(17-9-11-23-12-10-17)3-2-4-22(21)24-14-18;3-2(4,5)1(6)7/h2-14H,1H3,(H,25,26);(H,6,7). The average molecular weight is 453 g/mol. The highest BCUT2D eigenvalue weighted by Gasteiger charge is 2.38. The van der Waals surface area contributed by atoms with Crippen LogP contribution in [0.3, 0.4) is 0 Å². The number of nitrogens with zero attached hydrogens (tertiary/aromatic N) is 2. The molecule has 6 nitrogen and oxygen atoms in total. The lowest BCUT2D eigenvalue weighted by atomic mass is 9.98. The first-order chi connectivity index (χ1) is 15.6. The second kappa shape index (κ2) is 9.90. The van der Waals surface area contributed by atoms with Crippen molar-refractivity contribution in [3.63, 3.8) is 0 Å². The number of carboxylic acid groups (broad SMARTS) is 1. The van der Waals surface area contributed by atoms with Gasteiger partial charge >= 0.3 is 12.1 Å². The van der Waals surface area contributed by atoms with Crippen LogP contribution in [0.2, 0.25) is 0 Å². The minimum Gasteiger partial charge on any atom is -0.475 e. The molecule has 0 aliphatic rings. The monoisotopic (exact) mass is 453 g/mol. The van der Waals surface area contributed by atoms with Crippen molar-refractivity contribution in [2.24, 2.45) is 0 Å². The van der Waals surface area contributed by atoms with Gasteiger partial charge in [0.05, 0.1) is 5.52 Å². The molecule has 2 aromatic carbocycles. The maximum Gasteiger partial charge on any atom is 0.490 e. The first-order valence-corrected chi connectivity index (χ1v) is 9.62. The number of nitrogens with one attached hydrogen (secondary N) is 1. The number of hydrogen-bond acceptors (Lipinski definition) is 4. The summed E-state index contributed by atoms with van der Waals surface area (Å²) in [4.78, 5) is 28.8. The molecule has 2 N–H and O–H groups in total. The highest BCUT2D eigenvalue weighted by molar-refractivity contribution is 5.96. The normalized spacial score (nSPS) is 10.8. The lowest BCUT2D eigenvalue weighted by Gasteiger charge is -2.09. The number of halogens is 3. The SMILES string of the molecule is CC(=O)Nc1ccc(-c2cnc3cccc(-c4ccncc4)c3c2)cc1.O=C(O)C(F)(F)F. The summed E-state index contributed by atoms with van der Waals surface area (Å²) in [5.74, 6) is -2.83. The summed E-state index contributed by atoms with van der Waals surface area (Å²) in [5.41, 5.74) is 6.08. The minimum atomic E-state index is -5.08. The first kappa shape index (κ1) is 23.4. The van der Waals surface area contributed by atoms with E-state index in [9.17, 15) is 18.0 Å². The molecule has 9 heteroatoms. The smallest absolute Gasteiger partial charge is 0.475 e. The molecule has 0 saturated heterocycles. The molecule has 0 spiro atoms. The van der Waals surface area contributed by atoms with Crippen LogP contribution in [0.15, 0.2) is 79.3 Å². The van der Waals surface area contributed by atoms with Gasteiger partial charge in [0.1, 0.15) is 0 Å². The highest BCUT2D eigenvalue weighted by atomic mass is 19.4. The van der Waals surface area contributed by atoms with Gasteiger partial charge in [0.15, 0.2) is 0 Å². The van der Waals surface area contributed by atoms with E-state index in [4.69, 9.17) is 9.90 Å². The van der Waals surface area contributed by atoms with Crippen molar-refractivity contribution in [3.8, 4) is 22.3 Å². The Morgan fingerprint density at radius 1 is 0.909 bits per heavy atom. The number of pyridine rings is 2. The Kier molecular flexibility index (Phi) is 7.02. The quantitative estimate of drug-likeness (QED) is 0.424. The van der Waals surface area contributed by atoms with Crippen LogP contribution in [0.1, 0.15) is 6.92 Å². The molecule has 0 radical (unpaired) electrons. The van der Waals surface area contributed by atoms with Crippen molar-refractivity contribution in [2.45, 2.75) is 13.1 Å². The van der Waals surface area contributed by atoms with E-state index in [2.05, 4.69) is 27.4 Å². The van der Waals surface area contributed by atoms with Gasteiger partial charge < -0.3 is 10.4 Å². The topological polar surface area (TPSA) is 92.2 Å². The Morgan fingerprint density at radius 2 is 1.55 bits per heavy atom. The number of fused-ring (bicyclic) bond motifs is 1. The summed E-state index contributed by atoms with van der Waals surface area (Å²) in [7, 11) is 0. The van der Waals surface area contributed by atoms with Crippen molar-refractivity contribution in [1.29, 1.82) is 0 Å². The molecular weight excluding hydrogens is 435 g/mol. The minimum absolute atomic E-state index is 0.0767. The number of aromatic nitrogens is 2. The van der Waals surface area contributed by atoms with Crippen molar-refractivity contribution in [3.05, 3.63) is 79.3 Å². The molecule has 4 aromatic rings. The van der Waals surface area contributed by atoms with E-state index < -0.39 is 12.1 Å². The Labute approximate surface area is 186 Å². The van der Waals surface area contributed by atoms with Crippen LogP contribution in [0, 0.1) is 0 Å². The number of anilines is 1. The van der Waals surface area contributed by atoms with E-state index in [1.54, 1.807) is 12.4 Å². The van der Waals surface area contributed by atoms with E-state index in [0.29, 0.717) is 0 Å². The van der Waals surface area contributed by atoms with Gasteiger partial charge in [-0.3, -0.25) is 14.8 Å². The van der Waals surface area contributed by atoms with Gasteiger partial charge in [-0.25, -0.2) is 4.79 Å². The molecule has 0 aliphatic heterocycles. The maximum absolute atomic E-state index is 11.2. The molecule has 1 amide bonds. The number of carbonyl (C=O) groups excluding carboxylic acids is 1. The zero-order valence-corrected chi connectivity index (χ0v) is 17.3. The summed E-state index contributed by atoms with van der Waals surface area (Å²) in [6.07, 6.45) is 0.393. The Bertz CT molecular complexity index is 1280. The summed E-state index contributed by atoms with van der Waals surface area (Å²) in [6, 6.07) is 20.1. The number of benzene rings is 2. The van der Waals surface area contributed by atoms with Gasteiger partial charge in [-0.15, -0.1) is 0 Å². The van der Waals surface area contributed by atoms with Crippen LogP contribution in [-0.2, 0) is 9.59 Å². The van der Waals surface area contributed by atoms with Crippen molar-refractivity contribution < 1.29 is 27.9 Å². The number of hydrogen-bond donors (Lipinski definition) is 2. The van der Waals surface area contributed by atoms with Crippen LogP contribution in [0.4, 0.5) is 18.9 Å². The molecular formula is C24H18F3N3O3. The van der Waals surface area contributed by atoms with E-state index in [1.165, 1.54) is 6.92 Å². The molecule has 0 bridgehead atoms. The molecule has 0 unspecified atom stereocenters. The summed E-state index contributed by atoms with van der Waals surface area (Å²) in [5, 5.41) is 11.0. The van der Waals surface area contributed by atoms with Crippen LogP contribution in [0.5, 0.6) is 0 Å². The third-order valence-electron chi connectivity index (χ3n) is 4.50. The second-order valence-electron chi connectivity index (χ2n) is 6.89. The molecule has 2 heterocycles. The molecule has 2 aromatic heterocycles. The van der Waals surface area contributed by atoms with E-state index in [1.807, 2.05) is 54.7 Å². The summed E-state index contributed by atoms with van der Waals surface area (Å²) >= 11 is 0. The lowest BCUT2D eigenvalue weighted by Crippen LogP contribution is -2.21. The van der Waals surface area contributed by atoms with Gasteiger partial charge in [0, 0.05) is 42.2 Å². The third-order valence-corrected chi connectivity index (χ3v) is 4.50. The van der Waals surface area contributed by atoms with Gasteiger partial charge in [-0.05, 0) is 53.1 Å². The fourth-order valence-corrected chi connectivity index (χ4v) is 3.04. The van der Waals surface area contributed by atoms with Crippen molar-refractivity contribution >= 4 is 28.5 Å². The first-order valence-electron chi connectivity index (χ1n) is 9.62. The number of carboxylic acids is 1. The average Bonchev–Trinajstić information content (AvgIpc) is 2.79. The number of carbonyl (C=O) groups is 2. The van der Waals surface area contributed by atoms with Crippen LogP contribution in [-0.4, -0.2) is 33.1 Å². The van der Waals surface area contributed by atoms with Crippen LogP contribution >= 0.6 is 0 Å². The summed E-state index contributed by atoms with van der Waals surface area (Å²) < 4.78 is 31.7. The van der Waals surface area contributed by atoms with Crippen molar-refractivity contribution in [2.75, 3.05) is 5.32 Å². The molecule has 0 aliphatic carbocycles. The fraction of sp³-hybridized carbons (Fsp3) is 0.0833. The number of rotatable bonds is 3. The second-order valence-corrected chi connectivity index (χ2v) is 6.89. The largest absolute Gasteiger partial charge is 0.490 e. The number of alkyl halides is 3. The molecule has 0 fully saturated rings. The van der Waals surface area contributed by atoms with E-state index in [-0.39, 0.29) is 5.91 Å². The summed E-state index contributed by atoms with van der Waals surface area (Å²) in [6.45, 7) is 1.50. The number of aliphatic carboxylic acids is 1. The van der Waals surface area contributed by atoms with Gasteiger partial charge in [0.2, 0.25) is 5.91 Å². The predicted molar refractivity (Wildman–Crippen MR) is 118 cm³/mol. The lowest BCUT2D eigenvalue weighted by molar-refractivity contribution is -0.192. The molecule has 4 rings (SSSR count). The van der Waals surface area contributed by atoms with E-state index in [0.717, 1.165) is 38.8 Å². The van der Waals surface area contributed by atoms with Gasteiger partial charge in [0.25, 0.3) is 0 Å². The predicted octanol–water partition coefficient (Wildman–Crippen LogP) is 5.56. The molecule has 0 atom stereocenters. The van der Waals surface area contributed by atoms with Crippen LogP contribution in [0.25, 0.3) is 33.2 Å². The highest BCUT2D eigenvalue weighted by Crippen LogP contribution is 2.31. The zero-order chi connectivity index (χ0) is 24.0. The maximum atomic E-state index is 11.2. The third kappa shape index (κ3) is 6.13. The fourth-order valence-electron chi connectivity index (χ4n) is 3.04. The van der Waals surface area contributed by atoms with E-state index >= 15 is 0 Å². The zero-order valence-electron chi connectivity index (χ0n) is 17.3. The Hall–Kier alpha value is -4.27. The molecule has 33 heavy (non-hydrogen) atoms.